The zero-order chi connectivity index (χ0) is 13.8. The number of hydrogen-bond acceptors (Lipinski definition) is 3. The second-order valence-electron chi connectivity index (χ2n) is 4.14. The molecule has 0 atom stereocenters. The van der Waals surface area contributed by atoms with Crippen LogP contribution >= 0.6 is 11.6 Å². The van der Waals surface area contributed by atoms with Gasteiger partial charge in [-0.1, -0.05) is 23.7 Å². The normalized spacial score (nSPS) is 10.2. The summed E-state index contributed by atoms with van der Waals surface area (Å²) >= 11 is 5.99. The van der Waals surface area contributed by atoms with E-state index in [2.05, 4.69) is 0 Å². The summed E-state index contributed by atoms with van der Waals surface area (Å²) in [5.41, 5.74) is 1.80. The van der Waals surface area contributed by atoms with Crippen molar-refractivity contribution in [2.24, 2.45) is 0 Å². The summed E-state index contributed by atoms with van der Waals surface area (Å²) in [6, 6.07) is 12.0. The number of aryl methyl sites for hydroxylation is 1. The summed E-state index contributed by atoms with van der Waals surface area (Å²) in [4.78, 5) is 10.1. The first-order chi connectivity index (χ1) is 9.06. The van der Waals surface area contributed by atoms with Crippen LogP contribution < -0.4 is 4.74 Å². The van der Waals surface area contributed by atoms with Gasteiger partial charge in [-0.25, -0.2) is 0 Å². The number of ether oxygens (including phenoxy) is 1. The van der Waals surface area contributed by atoms with Crippen LogP contribution in [0.1, 0.15) is 11.1 Å². The minimum absolute atomic E-state index is 0.0238. The quantitative estimate of drug-likeness (QED) is 0.623. The van der Waals surface area contributed by atoms with Crippen LogP contribution in [0.15, 0.2) is 42.5 Å². The van der Waals surface area contributed by atoms with Crippen LogP contribution in [-0.4, -0.2) is 4.92 Å². The lowest BCUT2D eigenvalue weighted by Gasteiger charge is -2.08. The van der Waals surface area contributed by atoms with Gasteiger partial charge in [0.2, 0.25) is 0 Å². The van der Waals surface area contributed by atoms with E-state index in [1.165, 1.54) is 12.1 Å². The molecule has 5 heteroatoms. The van der Waals surface area contributed by atoms with Crippen LogP contribution in [0.3, 0.4) is 0 Å². The molecule has 19 heavy (non-hydrogen) atoms. The maximum absolute atomic E-state index is 10.6. The van der Waals surface area contributed by atoms with Gasteiger partial charge in [-0.3, -0.25) is 10.1 Å². The van der Waals surface area contributed by atoms with Gasteiger partial charge in [-0.05, 0) is 30.7 Å². The molecular formula is C14H12ClNO3. The molecule has 0 radical (unpaired) electrons. The van der Waals surface area contributed by atoms with Crippen molar-refractivity contribution in [2.45, 2.75) is 13.5 Å². The fraction of sp³-hybridized carbons (Fsp3) is 0.143. The predicted octanol–water partition coefficient (Wildman–Crippen LogP) is 4.14. The van der Waals surface area contributed by atoms with Gasteiger partial charge < -0.3 is 4.74 Å². The van der Waals surface area contributed by atoms with Crippen molar-refractivity contribution in [3.05, 3.63) is 68.7 Å². The fourth-order valence-corrected chi connectivity index (χ4v) is 1.86. The molecule has 0 amide bonds. The Kier molecular flexibility index (Phi) is 4.02. The number of rotatable bonds is 4. The summed E-state index contributed by atoms with van der Waals surface area (Å²) < 4.78 is 5.60. The van der Waals surface area contributed by atoms with Gasteiger partial charge in [0, 0.05) is 17.7 Å². The smallest absolute Gasteiger partial charge is 0.270 e. The summed E-state index contributed by atoms with van der Waals surface area (Å²) in [5.74, 6) is 0.745. The fourth-order valence-electron chi connectivity index (χ4n) is 1.63. The first-order valence-electron chi connectivity index (χ1n) is 5.68. The predicted molar refractivity (Wildman–Crippen MR) is 73.6 cm³/mol. The second-order valence-corrected chi connectivity index (χ2v) is 4.55. The zero-order valence-corrected chi connectivity index (χ0v) is 11.1. The Morgan fingerprint density at radius 3 is 2.68 bits per heavy atom. The van der Waals surface area contributed by atoms with E-state index in [0.717, 1.165) is 11.3 Å². The van der Waals surface area contributed by atoms with Crippen LogP contribution in [0, 0.1) is 17.0 Å². The van der Waals surface area contributed by atoms with Crippen LogP contribution in [0.25, 0.3) is 0 Å². The van der Waals surface area contributed by atoms with Crippen LogP contribution in [0.4, 0.5) is 5.69 Å². The molecule has 0 saturated heterocycles. The average Bonchev–Trinajstić information content (AvgIpc) is 2.37. The highest BCUT2D eigenvalue weighted by Crippen LogP contribution is 2.24. The van der Waals surface area contributed by atoms with Crippen molar-refractivity contribution in [1.82, 2.24) is 0 Å². The van der Waals surface area contributed by atoms with E-state index in [0.29, 0.717) is 10.6 Å². The van der Waals surface area contributed by atoms with Gasteiger partial charge in [0.05, 0.1) is 9.95 Å². The van der Waals surface area contributed by atoms with E-state index in [1.54, 1.807) is 6.07 Å². The third-order valence-electron chi connectivity index (χ3n) is 2.63. The Labute approximate surface area is 115 Å². The van der Waals surface area contributed by atoms with Crippen LogP contribution in [0.2, 0.25) is 5.02 Å². The van der Waals surface area contributed by atoms with Crippen molar-refractivity contribution in [2.75, 3.05) is 0 Å². The van der Waals surface area contributed by atoms with Gasteiger partial charge in [0.25, 0.3) is 5.69 Å². The standard InChI is InChI=1S/C14H12ClNO3/c1-10-3-2-4-13(7-10)19-9-11-5-6-12(16(17)18)8-14(11)15/h2-8H,9H2,1H3. The largest absolute Gasteiger partial charge is 0.489 e. The molecule has 0 saturated carbocycles. The Balaban J connectivity index is 2.10. The van der Waals surface area contributed by atoms with E-state index in [-0.39, 0.29) is 12.3 Å². The molecule has 0 heterocycles. The number of nitro benzene ring substituents is 1. The van der Waals surface area contributed by atoms with Gasteiger partial charge in [0.15, 0.2) is 0 Å². The van der Waals surface area contributed by atoms with Crippen molar-refractivity contribution in [3.63, 3.8) is 0 Å². The number of benzene rings is 2. The molecule has 0 aliphatic carbocycles. The molecule has 0 aliphatic rings. The average molecular weight is 278 g/mol. The molecule has 0 bridgehead atoms. The molecule has 2 aromatic rings. The van der Waals surface area contributed by atoms with Gasteiger partial charge in [-0.15, -0.1) is 0 Å². The molecule has 2 aromatic carbocycles. The lowest BCUT2D eigenvalue weighted by Crippen LogP contribution is -1.97. The lowest BCUT2D eigenvalue weighted by molar-refractivity contribution is -0.384. The minimum Gasteiger partial charge on any atom is -0.489 e. The van der Waals surface area contributed by atoms with Gasteiger partial charge in [-0.2, -0.15) is 0 Å². The van der Waals surface area contributed by atoms with Crippen molar-refractivity contribution < 1.29 is 9.66 Å². The highest BCUT2D eigenvalue weighted by atomic mass is 35.5. The SMILES string of the molecule is Cc1cccc(OCc2ccc([N+](=O)[O-])cc2Cl)c1. The van der Waals surface area contributed by atoms with E-state index >= 15 is 0 Å². The monoisotopic (exact) mass is 277 g/mol. The van der Waals surface area contributed by atoms with Crippen molar-refractivity contribution in [3.8, 4) is 5.75 Å². The first kappa shape index (κ1) is 13.4. The maximum atomic E-state index is 10.6. The van der Waals surface area contributed by atoms with Crippen LogP contribution in [0.5, 0.6) is 5.75 Å². The van der Waals surface area contributed by atoms with Crippen LogP contribution in [-0.2, 0) is 6.61 Å². The summed E-state index contributed by atoms with van der Waals surface area (Å²) in [6.07, 6.45) is 0. The Morgan fingerprint density at radius 2 is 2.05 bits per heavy atom. The topological polar surface area (TPSA) is 52.4 Å². The van der Waals surface area contributed by atoms with Crippen molar-refractivity contribution in [1.29, 1.82) is 0 Å². The molecule has 2 rings (SSSR count). The Bertz CT molecular complexity index is 613. The summed E-state index contributed by atoms with van der Waals surface area (Å²) in [5, 5.41) is 10.9. The van der Waals surface area contributed by atoms with Gasteiger partial charge in [0.1, 0.15) is 12.4 Å². The van der Waals surface area contributed by atoms with Crippen molar-refractivity contribution >= 4 is 17.3 Å². The minimum atomic E-state index is -0.475. The van der Waals surface area contributed by atoms with E-state index in [1.807, 2.05) is 31.2 Å². The molecule has 0 unspecified atom stereocenters. The van der Waals surface area contributed by atoms with E-state index < -0.39 is 4.92 Å². The lowest BCUT2D eigenvalue weighted by atomic mass is 10.2. The number of hydrogen-bond donors (Lipinski definition) is 0. The Hall–Kier alpha value is -2.07. The molecule has 0 aromatic heterocycles. The molecule has 0 N–H and O–H groups in total. The highest BCUT2D eigenvalue weighted by molar-refractivity contribution is 6.31. The Morgan fingerprint density at radius 1 is 1.26 bits per heavy atom. The second kappa shape index (κ2) is 5.71. The van der Waals surface area contributed by atoms with Gasteiger partial charge >= 0.3 is 0 Å². The third-order valence-corrected chi connectivity index (χ3v) is 2.98. The maximum Gasteiger partial charge on any atom is 0.270 e. The number of nitrogens with zero attached hydrogens (tertiary/aromatic N) is 1. The summed E-state index contributed by atoms with van der Waals surface area (Å²) in [6.45, 7) is 2.26. The molecule has 98 valence electrons. The molecule has 4 nitrogen and oxygen atoms in total. The number of nitro groups is 1. The molecule has 0 spiro atoms. The third kappa shape index (κ3) is 3.45. The number of halogens is 1. The zero-order valence-electron chi connectivity index (χ0n) is 10.3. The molecule has 0 aliphatic heterocycles. The van der Waals surface area contributed by atoms with E-state index in [4.69, 9.17) is 16.3 Å². The number of non-ortho nitro benzene ring substituents is 1. The highest BCUT2D eigenvalue weighted by Gasteiger charge is 2.09. The summed E-state index contributed by atoms with van der Waals surface area (Å²) in [7, 11) is 0. The molecular weight excluding hydrogens is 266 g/mol. The van der Waals surface area contributed by atoms with E-state index in [9.17, 15) is 10.1 Å². The first-order valence-corrected chi connectivity index (χ1v) is 6.06. The molecule has 0 fully saturated rings.